The highest BCUT2D eigenvalue weighted by Crippen LogP contribution is 2.31. The lowest BCUT2D eigenvalue weighted by molar-refractivity contribution is 0.0933. The van der Waals surface area contributed by atoms with Gasteiger partial charge in [-0.1, -0.05) is 6.07 Å². The summed E-state index contributed by atoms with van der Waals surface area (Å²) in [5.41, 5.74) is 9.79. The zero-order chi connectivity index (χ0) is 14.1. The van der Waals surface area contributed by atoms with Crippen molar-refractivity contribution in [1.29, 1.82) is 0 Å². The van der Waals surface area contributed by atoms with Crippen molar-refractivity contribution in [1.82, 2.24) is 5.32 Å². The molecule has 5 heteroatoms. The molecule has 2 aromatic rings. The monoisotopic (exact) mass is 350 g/mol. The molecular weight excluding hydrogens is 336 g/mol. The molecule has 0 fully saturated rings. The summed E-state index contributed by atoms with van der Waals surface area (Å²) in [6.07, 6.45) is 3.10. The highest BCUT2D eigenvalue weighted by atomic mass is 79.9. The summed E-state index contributed by atoms with van der Waals surface area (Å²) in [5.74, 6) is -0.0124. The fourth-order valence-corrected chi connectivity index (χ4v) is 3.79. The molecule has 1 unspecified atom stereocenters. The van der Waals surface area contributed by atoms with Crippen LogP contribution < -0.4 is 11.1 Å². The van der Waals surface area contributed by atoms with Crippen LogP contribution in [0.5, 0.6) is 0 Å². The summed E-state index contributed by atoms with van der Waals surface area (Å²) >= 11 is 4.91. The van der Waals surface area contributed by atoms with E-state index in [9.17, 15) is 4.79 Å². The molecule has 0 bridgehead atoms. The van der Waals surface area contributed by atoms with Crippen molar-refractivity contribution in [2.75, 3.05) is 5.73 Å². The summed E-state index contributed by atoms with van der Waals surface area (Å²) in [7, 11) is 0. The summed E-state index contributed by atoms with van der Waals surface area (Å²) < 4.78 is 0.972. The zero-order valence-corrected chi connectivity index (χ0v) is 13.3. The summed E-state index contributed by atoms with van der Waals surface area (Å²) in [6.45, 7) is 0. The van der Waals surface area contributed by atoms with Crippen LogP contribution in [0.1, 0.15) is 40.4 Å². The fourth-order valence-electron chi connectivity index (χ4n) is 2.65. The van der Waals surface area contributed by atoms with Crippen molar-refractivity contribution in [3.8, 4) is 0 Å². The SMILES string of the molecule is Nc1ccc2c(c1)CCCC2NC(=O)c1csc(Br)c1. The third-order valence-corrected chi connectivity index (χ3v) is 5.12. The van der Waals surface area contributed by atoms with Gasteiger partial charge in [-0.2, -0.15) is 0 Å². The van der Waals surface area contributed by atoms with E-state index in [0.717, 1.165) is 28.7 Å². The van der Waals surface area contributed by atoms with Gasteiger partial charge < -0.3 is 11.1 Å². The number of thiophene rings is 1. The molecule has 0 aliphatic heterocycles. The molecule has 1 aromatic heterocycles. The van der Waals surface area contributed by atoms with E-state index < -0.39 is 0 Å². The van der Waals surface area contributed by atoms with Gasteiger partial charge in [-0.3, -0.25) is 4.79 Å². The molecule has 3 rings (SSSR count). The van der Waals surface area contributed by atoms with E-state index in [-0.39, 0.29) is 11.9 Å². The van der Waals surface area contributed by atoms with Gasteiger partial charge in [0.15, 0.2) is 0 Å². The molecule has 1 aliphatic rings. The minimum absolute atomic E-state index is 0.0124. The number of halogens is 1. The van der Waals surface area contributed by atoms with Crippen LogP contribution in [0.4, 0.5) is 5.69 Å². The number of anilines is 1. The highest BCUT2D eigenvalue weighted by Gasteiger charge is 2.22. The van der Waals surface area contributed by atoms with E-state index >= 15 is 0 Å². The minimum Gasteiger partial charge on any atom is -0.399 e. The Morgan fingerprint density at radius 2 is 2.25 bits per heavy atom. The third-order valence-electron chi connectivity index (χ3n) is 3.62. The quantitative estimate of drug-likeness (QED) is 0.807. The van der Waals surface area contributed by atoms with Crippen molar-refractivity contribution in [3.63, 3.8) is 0 Å². The highest BCUT2D eigenvalue weighted by molar-refractivity contribution is 9.11. The first-order valence-corrected chi connectivity index (χ1v) is 8.24. The number of carbonyl (C=O) groups is 1. The average Bonchev–Trinajstić information content (AvgIpc) is 2.85. The molecule has 0 radical (unpaired) electrons. The minimum atomic E-state index is -0.0124. The summed E-state index contributed by atoms with van der Waals surface area (Å²) in [6, 6.07) is 7.91. The van der Waals surface area contributed by atoms with E-state index in [0.29, 0.717) is 5.56 Å². The van der Waals surface area contributed by atoms with Crippen LogP contribution in [0.25, 0.3) is 0 Å². The Morgan fingerprint density at radius 3 is 3.00 bits per heavy atom. The lowest BCUT2D eigenvalue weighted by Gasteiger charge is -2.26. The molecule has 20 heavy (non-hydrogen) atoms. The van der Waals surface area contributed by atoms with Gasteiger partial charge in [0.05, 0.1) is 15.4 Å². The summed E-state index contributed by atoms with van der Waals surface area (Å²) in [4.78, 5) is 12.3. The van der Waals surface area contributed by atoms with Gasteiger partial charge in [-0.15, -0.1) is 11.3 Å². The molecule has 3 nitrogen and oxygen atoms in total. The van der Waals surface area contributed by atoms with Gasteiger partial charge >= 0.3 is 0 Å². The van der Waals surface area contributed by atoms with E-state index in [1.807, 2.05) is 29.6 Å². The van der Waals surface area contributed by atoms with Crippen LogP contribution in [-0.2, 0) is 6.42 Å². The van der Waals surface area contributed by atoms with Crippen LogP contribution in [-0.4, -0.2) is 5.91 Å². The zero-order valence-electron chi connectivity index (χ0n) is 10.9. The topological polar surface area (TPSA) is 55.1 Å². The van der Waals surface area contributed by atoms with Crippen molar-refractivity contribution in [3.05, 3.63) is 50.1 Å². The predicted octanol–water partition coefficient (Wildman–Crippen LogP) is 3.90. The maximum atomic E-state index is 12.3. The smallest absolute Gasteiger partial charge is 0.252 e. The molecule has 0 saturated carbocycles. The van der Waals surface area contributed by atoms with Crippen molar-refractivity contribution < 1.29 is 4.79 Å². The summed E-state index contributed by atoms with van der Waals surface area (Å²) in [5, 5.41) is 5.00. The molecule has 1 aliphatic carbocycles. The lowest BCUT2D eigenvalue weighted by Crippen LogP contribution is -2.30. The number of fused-ring (bicyclic) bond motifs is 1. The predicted molar refractivity (Wildman–Crippen MR) is 86.0 cm³/mol. The van der Waals surface area contributed by atoms with Gasteiger partial charge in [0.25, 0.3) is 5.91 Å². The first-order chi connectivity index (χ1) is 9.63. The lowest BCUT2D eigenvalue weighted by atomic mass is 9.87. The molecule has 1 atom stereocenters. The first-order valence-electron chi connectivity index (χ1n) is 6.56. The number of nitrogens with two attached hydrogens (primary N) is 1. The molecule has 3 N–H and O–H groups in total. The van der Waals surface area contributed by atoms with Crippen LogP contribution >= 0.6 is 27.3 Å². The van der Waals surface area contributed by atoms with E-state index in [4.69, 9.17) is 5.73 Å². The van der Waals surface area contributed by atoms with Gasteiger partial charge in [0.2, 0.25) is 0 Å². The molecular formula is C15H15BrN2OS. The van der Waals surface area contributed by atoms with Gasteiger partial charge in [-0.25, -0.2) is 0 Å². The average molecular weight is 351 g/mol. The number of nitrogens with one attached hydrogen (secondary N) is 1. The second-order valence-corrected chi connectivity index (χ2v) is 7.31. The molecule has 0 saturated heterocycles. The number of carbonyl (C=O) groups excluding carboxylic acids is 1. The maximum absolute atomic E-state index is 12.3. The number of amides is 1. The van der Waals surface area contributed by atoms with Gasteiger partial charge in [0, 0.05) is 11.1 Å². The largest absolute Gasteiger partial charge is 0.399 e. The Hall–Kier alpha value is -1.33. The standard InChI is InChI=1S/C15H15BrN2OS/c16-14-7-10(8-20-14)15(19)18-13-3-1-2-9-6-11(17)4-5-12(9)13/h4-8,13H,1-3,17H2,(H,18,19). The first kappa shape index (κ1) is 13.6. The maximum Gasteiger partial charge on any atom is 0.252 e. The van der Waals surface area contributed by atoms with E-state index in [1.165, 1.54) is 22.5 Å². The number of hydrogen-bond acceptors (Lipinski definition) is 3. The van der Waals surface area contributed by atoms with Crippen molar-refractivity contribution in [2.45, 2.75) is 25.3 Å². The second kappa shape index (κ2) is 5.58. The Bertz CT molecular complexity index is 653. The molecule has 1 aromatic carbocycles. The number of rotatable bonds is 2. The number of aryl methyl sites for hydroxylation is 1. The van der Waals surface area contributed by atoms with Gasteiger partial charge in [-0.05, 0) is 64.5 Å². The van der Waals surface area contributed by atoms with Crippen LogP contribution in [0.2, 0.25) is 0 Å². The number of nitrogen functional groups attached to an aromatic ring is 1. The number of hydrogen-bond donors (Lipinski definition) is 2. The van der Waals surface area contributed by atoms with E-state index in [2.05, 4.69) is 21.2 Å². The second-order valence-electron chi connectivity index (χ2n) is 5.02. The van der Waals surface area contributed by atoms with Crippen LogP contribution in [0.3, 0.4) is 0 Å². The van der Waals surface area contributed by atoms with Crippen LogP contribution in [0.15, 0.2) is 33.4 Å². The third kappa shape index (κ3) is 2.74. The van der Waals surface area contributed by atoms with Crippen LogP contribution in [0, 0.1) is 0 Å². The Balaban J connectivity index is 1.81. The number of benzene rings is 1. The normalized spacial score (nSPS) is 17.6. The Kier molecular flexibility index (Phi) is 3.81. The molecule has 1 heterocycles. The van der Waals surface area contributed by atoms with Crippen molar-refractivity contribution in [2.24, 2.45) is 0 Å². The Labute approximate surface area is 130 Å². The molecule has 0 spiro atoms. The molecule has 104 valence electrons. The molecule has 1 amide bonds. The fraction of sp³-hybridized carbons (Fsp3) is 0.267. The van der Waals surface area contributed by atoms with E-state index in [1.54, 1.807) is 0 Å². The van der Waals surface area contributed by atoms with Crippen molar-refractivity contribution >= 4 is 38.9 Å². The van der Waals surface area contributed by atoms with Gasteiger partial charge in [0.1, 0.15) is 0 Å². The Morgan fingerprint density at radius 1 is 1.40 bits per heavy atom.